The van der Waals surface area contributed by atoms with E-state index in [9.17, 15) is 18.0 Å². The van der Waals surface area contributed by atoms with Gasteiger partial charge in [0, 0.05) is 5.69 Å². The summed E-state index contributed by atoms with van der Waals surface area (Å²) in [6, 6.07) is 15.8. The summed E-state index contributed by atoms with van der Waals surface area (Å²) in [5.74, 6) is 0.309. The van der Waals surface area contributed by atoms with Crippen LogP contribution in [0.25, 0.3) is 0 Å². The van der Waals surface area contributed by atoms with E-state index in [1.54, 1.807) is 0 Å². The molecular weight excluding hydrogens is 400 g/mol. The molecule has 0 aliphatic heterocycles. The second-order valence-electron chi connectivity index (χ2n) is 5.76. The predicted molar refractivity (Wildman–Crippen MR) is 110 cm³/mol. The molecule has 2 aromatic rings. The maximum absolute atomic E-state index is 12.1. The van der Waals surface area contributed by atoms with Gasteiger partial charge < -0.3 is 10.1 Å². The van der Waals surface area contributed by atoms with Gasteiger partial charge in [-0.05, 0) is 42.0 Å². The van der Waals surface area contributed by atoms with Crippen LogP contribution in [0, 0.1) is 0 Å². The van der Waals surface area contributed by atoms with Crippen LogP contribution in [0.3, 0.4) is 0 Å². The Morgan fingerprint density at radius 1 is 1.04 bits per heavy atom. The number of rotatable bonds is 10. The van der Waals surface area contributed by atoms with Gasteiger partial charge in [0.05, 0.1) is 17.8 Å². The van der Waals surface area contributed by atoms with Gasteiger partial charge in [0.15, 0.2) is 0 Å². The van der Waals surface area contributed by atoms with E-state index in [0.29, 0.717) is 11.4 Å². The molecule has 0 aliphatic carbocycles. The Morgan fingerprint density at radius 2 is 1.71 bits per heavy atom. The third kappa shape index (κ3) is 7.34. The van der Waals surface area contributed by atoms with E-state index in [4.69, 9.17) is 0 Å². The lowest BCUT2D eigenvalue weighted by Crippen LogP contribution is -2.30. The molecule has 0 radical (unpaired) electrons. The highest BCUT2D eigenvalue weighted by Gasteiger charge is 2.15. The molecule has 0 atom stereocenters. The maximum atomic E-state index is 12.1. The summed E-state index contributed by atoms with van der Waals surface area (Å²) in [5.41, 5.74) is 1.73. The average Bonchev–Trinajstić information content (AvgIpc) is 2.70. The summed E-state index contributed by atoms with van der Waals surface area (Å²) in [4.78, 5) is 23.0. The number of thioether (sulfide) groups is 1. The number of hydrogen-bond acceptors (Lipinski definition) is 6. The summed E-state index contributed by atoms with van der Waals surface area (Å²) in [7, 11) is -2.65. The third-order valence-electron chi connectivity index (χ3n) is 3.69. The van der Waals surface area contributed by atoms with E-state index < -0.39 is 22.5 Å². The van der Waals surface area contributed by atoms with Crippen LogP contribution in [0.2, 0.25) is 0 Å². The predicted octanol–water partition coefficient (Wildman–Crippen LogP) is 2.05. The van der Waals surface area contributed by atoms with Crippen LogP contribution in [0.4, 0.5) is 5.69 Å². The van der Waals surface area contributed by atoms with Crippen LogP contribution < -0.4 is 10.0 Å². The fraction of sp³-hybridized carbons (Fsp3) is 0.263. The fourth-order valence-electron chi connectivity index (χ4n) is 2.22. The smallest absolute Gasteiger partial charge is 0.320 e. The lowest BCUT2D eigenvalue weighted by Gasteiger charge is -2.08. The number of esters is 1. The van der Waals surface area contributed by atoms with Crippen molar-refractivity contribution in [2.45, 2.75) is 11.3 Å². The van der Waals surface area contributed by atoms with Gasteiger partial charge in [-0.3, -0.25) is 9.59 Å². The second kappa shape index (κ2) is 10.8. The molecule has 2 aromatic carbocycles. The first-order valence-corrected chi connectivity index (χ1v) is 11.1. The van der Waals surface area contributed by atoms with E-state index in [1.165, 1.54) is 48.7 Å². The van der Waals surface area contributed by atoms with Gasteiger partial charge in [-0.1, -0.05) is 30.3 Å². The minimum Gasteiger partial charge on any atom is -0.468 e. The second-order valence-corrected chi connectivity index (χ2v) is 8.63. The highest BCUT2D eigenvalue weighted by atomic mass is 32.2. The quantitative estimate of drug-likeness (QED) is 0.449. The number of carbonyl (C=O) groups excluding carboxylic acids is 2. The van der Waals surface area contributed by atoms with Gasteiger partial charge in [-0.2, -0.15) is 16.5 Å². The van der Waals surface area contributed by atoms with Crippen LogP contribution in [-0.2, 0) is 30.8 Å². The van der Waals surface area contributed by atoms with Gasteiger partial charge in [-0.15, -0.1) is 0 Å². The van der Waals surface area contributed by atoms with Crippen LogP contribution in [-0.4, -0.2) is 45.5 Å². The molecule has 0 spiro atoms. The molecule has 150 valence electrons. The Hall–Kier alpha value is -2.36. The molecule has 0 aromatic heterocycles. The van der Waals surface area contributed by atoms with Crippen molar-refractivity contribution >= 4 is 39.3 Å². The zero-order valence-corrected chi connectivity index (χ0v) is 17.0. The van der Waals surface area contributed by atoms with E-state index in [1.807, 2.05) is 18.2 Å². The SMILES string of the molecule is COC(=O)CNS(=O)(=O)c1ccc(NC(=O)CSCCc2ccccc2)cc1. The van der Waals surface area contributed by atoms with Crippen LogP contribution in [0.15, 0.2) is 59.5 Å². The number of carbonyl (C=O) groups is 2. The normalized spacial score (nSPS) is 11.0. The van der Waals surface area contributed by atoms with Gasteiger partial charge in [0.25, 0.3) is 0 Å². The number of aryl methyl sites for hydroxylation is 1. The van der Waals surface area contributed by atoms with Gasteiger partial charge >= 0.3 is 5.97 Å². The monoisotopic (exact) mass is 422 g/mol. The van der Waals surface area contributed by atoms with Crippen molar-refractivity contribution in [2.75, 3.05) is 30.5 Å². The Balaban J connectivity index is 1.78. The number of sulfonamides is 1. The summed E-state index contributed by atoms with van der Waals surface area (Å²) < 4.78 is 30.7. The lowest BCUT2D eigenvalue weighted by molar-refractivity contribution is -0.139. The summed E-state index contributed by atoms with van der Waals surface area (Å²) in [6.07, 6.45) is 0.893. The molecule has 0 aliphatic rings. The van der Waals surface area contributed by atoms with Crippen molar-refractivity contribution in [1.29, 1.82) is 0 Å². The highest BCUT2D eigenvalue weighted by Crippen LogP contribution is 2.15. The van der Waals surface area contributed by atoms with E-state index in [0.717, 1.165) is 12.2 Å². The maximum Gasteiger partial charge on any atom is 0.320 e. The number of amides is 1. The molecule has 2 rings (SSSR count). The fourth-order valence-corrected chi connectivity index (χ4v) is 3.97. The summed E-state index contributed by atoms with van der Waals surface area (Å²) >= 11 is 1.53. The molecule has 0 fully saturated rings. The number of hydrogen-bond donors (Lipinski definition) is 2. The zero-order chi connectivity index (χ0) is 20.4. The van der Waals surface area contributed by atoms with Crippen LogP contribution >= 0.6 is 11.8 Å². The molecule has 0 saturated carbocycles. The van der Waals surface area contributed by atoms with E-state index in [-0.39, 0.29) is 10.8 Å². The summed E-state index contributed by atoms with van der Waals surface area (Å²) in [6.45, 7) is -0.447. The molecule has 0 saturated heterocycles. The average molecular weight is 423 g/mol. The molecule has 7 nitrogen and oxygen atoms in total. The number of methoxy groups -OCH3 is 1. The van der Waals surface area contributed by atoms with Gasteiger partial charge in [0.2, 0.25) is 15.9 Å². The molecule has 0 unspecified atom stereocenters. The van der Waals surface area contributed by atoms with Crippen molar-refractivity contribution < 1.29 is 22.7 Å². The Labute approximate surface area is 168 Å². The third-order valence-corrected chi connectivity index (χ3v) is 6.07. The zero-order valence-electron chi connectivity index (χ0n) is 15.4. The molecule has 9 heteroatoms. The molecule has 28 heavy (non-hydrogen) atoms. The van der Waals surface area contributed by atoms with Crippen LogP contribution in [0.1, 0.15) is 5.56 Å². The molecule has 0 heterocycles. The summed E-state index contributed by atoms with van der Waals surface area (Å²) in [5, 5.41) is 2.73. The van der Waals surface area contributed by atoms with Crippen molar-refractivity contribution in [1.82, 2.24) is 4.72 Å². The molecular formula is C19H22N2O5S2. The highest BCUT2D eigenvalue weighted by molar-refractivity contribution is 7.99. The Morgan fingerprint density at radius 3 is 2.36 bits per heavy atom. The van der Waals surface area contributed by atoms with Crippen molar-refractivity contribution in [3.63, 3.8) is 0 Å². The number of anilines is 1. The number of benzene rings is 2. The molecule has 1 amide bonds. The molecule has 2 N–H and O–H groups in total. The van der Waals surface area contributed by atoms with Crippen LogP contribution in [0.5, 0.6) is 0 Å². The van der Waals surface area contributed by atoms with Crippen molar-refractivity contribution in [3.05, 3.63) is 60.2 Å². The Kier molecular flexibility index (Phi) is 8.49. The minimum absolute atomic E-state index is 0.00774. The topological polar surface area (TPSA) is 102 Å². The first-order valence-electron chi connectivity index (χ1n) is 8.49. The van der Waals surface area contributed by atoms with Crippen molar-refractivity contribution in [2.24, 2.45) is 0 Å². The van der Waals surface area contributed by atoms with Gasteiger partial charge in [0.1, 0.15) is 6.54 Å². The molecule has 0 bridgehead atoms. The Bertz CT molecular complexity index is 884. The van der Waals surface area contributed by atoms with Crippen molar-refractivity contribution in [3.8, 4) is 0 Å². The van der Waals surface area contributed by atoms with E-state index in [2.05, 4.69) is 26.9 Å². The lowest BCUT2D eigenvalue weighted by atomic mass is 10.2. The number of nitrogens with one attached hydrogen (secondary N) is 2. The first kappa shape index (κ1) is 21.9. The minimum atomic E-state index is -3.82. The van der Waals surface area contributed by atoms with E-state index >= 15 is 0 Å². The first-order chi connectivity index (χ1) is 13.4. The standard InChI is InChI=1S/C19H22N2O5S2/c1-26-19(23)13-20-28(24,25)17-9-7-16(8-10-17)21-18(22)14-27-12-11-15-5-3-2-4-6-15/h2-10,20H,11-14H2,1H3,(H,21,22). The number of ether oxygens (including phenoxy) is 1. The van der Waals surface area contributed by atoms with Gasteiger partial charge in [-0.25, -0.2) is 8.42 Å². The largest absolute Gasteiger partial charge is 0.468 e.